The van der Waals surface area contributed by atoms with E-state index in [4.69, 9.17) is 0 Å². The summed E-state index contributed by atoms with van der Waals surface area (Å²) in [5.74, 6) is -4.00. The fourth-order valence-corrected chi connectivity index (χ4v) is 2.42. The number of halogens is 3. The molecule has 3 rings (SSSR count). The molecule has 1 heterocycles. The second kappa shape index (κ2) is 5.75. The van der Waals surface area contributed by atoms with Crippen molar-refractivity contribution in [2.75, 3.05) is 10.2 Å². The highest BCUT2D eigenvalue weighted by Crippen LogP contribution is 2.27. The van der Waals surface area contributed by atoms with Gasteiger partial charge in [-0.2, -0.15) is 0 Å². The number of amides is 2. The predicted octanol–water partition coefficient (Wildman–Crippen LogP) is 2.85. The first-order valence-corrected chi connectivity index (χ1v) is 6.80. The lowest BCUT2D eigenvalue weighted by Crippen LogP contribution is -2.35. The summed E-state index contributed by atoms with van der Waals surface area (Å²) in [5, 5.41) is 2.67. The molecular formula is C16H11F3N2O2. The lowest BCUT2D eigenvalue weighted by atomic mass is 10.2. The Morgan fingerprint density at radius 3 is 2.39 bits per heavy atom. The first kappa shape index (κ1) is 15.1. The minimum atomic E-state index is -1.07. The van der Waals surface area contributed by atoms with Gasteiger partial charge in [-0.25, -0.2) is 18.1 Å². The zero-order valence-corrected chi connectivity index (χ0v) is 11.7. The number of benzene rings is 2. The van der Waals surface area contributed by atoms with Gasteiger partial charge in [-0.3, -0.25) is 9.59 Å². The molecule has 0 radical (unpaired) electrons. The van der Waals surface area contributed by atoms with Crippen molar-refractivity contribution >= 4 is 23.2 Å². The average molecular weight is 320 g/mol. The Labute approximate surface area is 129 Å². The molecule has 0 saturated carbocycles. The van der Waals surface area contributed by atoms with Crippen molar-refractivity contribution < 1.29 is 22.8 Å². The van der Waals surface area contributed by atoms with E-state index in [-0.39, 0.29) is 17.8 Å². The number of rotatable bonds is 3. The number of nitrogens with one attached hydrogen (secondary N) is 1. The van der Waals surface area contributed by atoms with E-state index in [0.29, 0.717) is 0 Å². The topological polar surface area (TPSA) is 49.4 Å². The van der Waals surface area contributed by atoms with Crippen LogP contribution in [0.25, 0.3) is 0 Å². The van der Waals surface area contributed by atoms with E-state index in [1.807, 2.05) is 0 Å². The maximum absolute atomic E-state index is 13.8. The molecule has 1 atom stereocenters. The molecule has 1 saturated heterocycles. The molecular weight excluding hydrogens is 309 g/mol. The third-order valence-electron chi connectivity index (χ3n) is 3.50. The lowest BCUT2D eigenvalue weighted by molar-refractivity contribution is -0.121. The smallest absolute Gasteiger partial charge is 0.256 e. The van der Waals surface area contributed by atoms with Crippen LogP contribution in [0.3, 0.4) is 0 Å². The van der Waals surface area contributed by atoms with Crippen molar-refractivity contribution in [3.05, 3.63) is 59.9 Å². The molecule has 0 bridgehead atoms. The van der Waals surface area contributed by atoms with Gasteiger partial charge in [0.05, 0.1) is 12.1 Å². The number of para-hydroxylation sites is 1. The summed E-state index contributed by atoms with van der Waals surface area (Å²) in [7, 11) is 0. The number of imide groups is 1. The molecule has 2 aromatic carbocycles. The van der Waals surface area contributed by atoms with E-state index in [9.17, 15) is 22.8 Å². The molecule has 1 aliphatic heterocycles. The predicted molar refractivity (Wildman–Crippen MR) is 77.3 cm³/mol. The van der Waals surface area contributed by atoms with Gasteiger partial charge in [0.15, 0.2) is 11.6 Å². The van der Waals surface area contributed by atoms with Crippen molar-refractivity contribution in [3.63, 3.8) is 0 Å². The van der Waals surface area contributed by atoms with Crippen LogP contribution >= 0.6 is 0 Å². The molecule has 1 N–H and O–H groups in total. The molecule has 1 aliphatic rings. The zero-order chi connectivity index (χ0) is 16.6. The molecule has 4 nitrogen and oxygen atoms in total. The highest BCUT2D eigenvalue weighted by atomic mass is 19.2. The Balaban J connectivity index is 1.84. The molecule has 0 aromatic heterocycles. The highest BCUT2D eigenvalue weighted by Gasteiger charge is 2.40. The van der Waals surface area contributed by atoms with Crippen molar-refractivity contribution in [1.82, 2.24) is 0 Å². The summed E-state index contributed by atoms with van der Waals surface area (Å²) in [6, 6.07) is 7.51. The largest absolute Gasteiger partial charge is 0.373 e. The van der Waals surface area contributed by atoms with Gasteiger partial charge in [-0.05, 0) is 24.3 Å². The van der Waals surface area contributed by atoms with E-state index in [1.54, 1.807) is 0 Å². The standard InChI is InChI=1S/C16H11F3N2O2/c17-10-6-5-9(7-12(10)19)20-13-8-15(22)21(16(13)23)14-4-2-1-3-11(14)18/h1-7,13,20H,8H2/t13-/m0/s1. The van der Waals surface area contributed by atoms with E-state index in [2.05, 4.69) is 5.32 Å². The Morgan fingerprint density at radius 1 is 0.957 bits per heavy atom. The van der Waals surface area contributed by atoms with E-state index in [1.165, 1.54) is 24.3 Å². The molecule has 118 valence electrons. The monoisotopic (exact) mass is 320 g/mol. The van der Waals surface area contributed by atoms with Crippen LogP contribution in [-0.4, -0.2) is 17.9 Å². The fourth-order valence-electron chi connectivity index (χ4n) is 2.42. The molecule has 1 fully saturated rings. The van der Waals surface area contributed by atoms with E-state index < -0.39 is 35.3 Å². The zero-order valence-electron chi connectivity index (χ0n) is 11.7. The summed E-state index contributed by atoms with van der Waals surface area (Å²) >= 11 is 0. The maximum Gasteiger partial charge on any atom is 0.256 e. The van der Waals surface area contributed by atoms with Crippen LogP contribution in [0.2, 0.25) is 0 Å². The Hall–Kier alpha value is -2.83. The molecule has 7 heteroatoms. The average Bonchev–Trinajstić information content (AvgIpc) is 2.78. The van der Waals surface area contributed by atoms with Gasteiger partial charge in [0, 0.05) is 11.8 Å². The Bertz CT molecular complexity index is 795. The normalized spacial score (nSPS) is 17.7. The minimum Gasteiger partial charge on any atom is -0.373 e. The van der Waals surface area contributed by atoms with Crippen molar-refractivity contribution in [2.24, 2.45) is 0 Å². The van der Waals surface area contributed by atoms with Crippen LogP contribution < -0.4 is 10.2 Å². The first-order chi connectivity index (χ1) is 11.0. The van der Waals surface area contributed by atoms with Gasteiger partial charge < -0.3 is 5.32 Å². The van der Waals surface area contributed by atoms with Gasteiger partial charge in [-0.1, -0.05) is 12.1 Å². The second-order valence-electron chi connectivity index (χ2n) is 5.05. The third-order valence-corrected chi connectivity index (χ3v) is 3.50. The van der Waals surface area contributed by atoms with Gasteiger partial charge in [0.1, 0.15) is 11.9 Å². The Morgan fingerprint density at radius 2 is 1.70 bits per heavy atom. The molecule has 0 unspecified atom stereocenters. The summed E-state index contributed by atoms with van der Waals surface area (Å²) < 4.78 is 39.9. The highest BCUT2D eigenvalue weighted by molar-refractivity contribution is 6.23. The minimum absolute atomic E-state index is 0.128. The summed E-state index contributed by atoms with van der Waals surface area (Å²) in [6.45, 7) is 0. The van der Waals surface area contributed by atoms with Crippen molar-refractivity contribution in [2.45, 2.75) is 12.5 Å². The number of carbonyl (C=O) groups is 2. The number of carbonyl (C=O) groups excluding carboxylic acids is 2. The van der Waals surface area contributed by atoms with Crippen LogP contribution in [0.5, 0.6) is 0 Å². The van der Waals surface area contributed by atoms with Gasteiger partial charge in [0.2, 0.25) is 5.91 Å². The SMILES string of the molecule is O=C1C[C@H](Nc2ccc(F)c(F)c2)C(=O)N1c1ccccc1F. The van der Waals surface area contributed by atoms with Gasteiger partial charge in [-0.15, -0.1) is 0 Å². The summed E-state index contributed by atoms with van der Waals surface area (Å²) in [4.78, 5) is 25.1. The van der Waals surface area contributed by atoms with E-state index in [0.717, 1.165) is 23.1 Å². The van der Waals surface area contributed by atoms with Crippen LogP contribution in [0.15, 0.2) is 42.5 Å². The molecule has 0 aliphatic carbocycles. The number of anilines is 2. The maximum atomic E-state index is 13.8. The second-order valence-corrected chi connectivity index (χ2v) is 5.05. The third kappa shape index (κ3) is 2.77. The Kier molecular flexibility index (Phi) is 3.77. The molecule has 23 heavy (non-hydrogen) atoms. The number of hydrogen-bond acceptors (Lipinski definition) is 3. The van der Waals surface area contributed by atoms with Crippen molar-refractivity contribution in [3.8, 4) is 0 Å². The molecule has 0 spiro atoms. The first-order valence-electron chi connectivity index (χ1n) is 6.80. The number of hydrogen-bond donors (Lipinski definition) is 1. The van der Waals surface area contributed by atoms with Gasteiger partial charge in [0.25, 0.3) is 5.91 Å². The fraction of sp³-hybridized carbons (Fsp3) is 0.125. The summed E-state index contributed by atoms with van der Waals surface area (Å²) in [5.41, 5.74) is 0.0301. The lowest BCUT2D eigenvalue weighted by Gasteiger charge is -2.16. The summed E-state index contributed by atoms with van der Waals surface area (Å²) in [6.07, 6.45) is -0.202. The molecule has 2 amide bonds. The number of nitrogens with zero attached hydrogens (tertiary/aromatic N) is 1. The van der Waals surface area contributed by atoms with Crippen molar-refractivity contribution in [1.29, 1.82) is 0 Å². The van der Waals surface area contributed by atoms with Gasteiger partial charge >= 0.3 is 0 Å². The quantitative estimate of drug-likeness (QED) is 0.885. The van der Waals surface area contributed by atoms with E-state index >= 15 is 0 Å². The molecule has 2 aromatic rings. The van der Waals surface area contributed by atoms with Crippen LogP contribution in [0, 0.1) is 17.5 Å². The van der Waals surface area contributed by atoms with Crippen LogP contribution in [0.4, 0.5) is 24.5 Å². The van der Waals surface area contributed by atoms with Crippen LogP contribution in [0.1, 0.15) is 6.42 Å². The van der Waals surface area contributed by atoms with Crippen LogP contribution in [-0.2, 0) is 9.59 Å².